The van der Waals surface area contributed by atoms with E-state index in [1.807, 2.05) is 0 Å². The fraction of sp³-hybridized carbons (Fsp3) is 1.00. The van der Waals surface area contributed by atoms with Gasteiger partial charge in [0.2, 0.25) is 0 Å². The fourth-order valence-electron chi connectivity index (χ4n) is 5.34. The molecule has 0 aromatic heterocycles. The summed E-state index contributed by atoms with van der Waals surface area (Å²) in [6, 6.07) is 0. The first-order valence-electron chi connectivity index (χ1n) is 7.70. The number of hydrogen-bond acceptors (Lipinski definition) is 1. The summed E-state index contributed by atoms with van der Waals surface area (Å²) in [5.74, 6) is 4.19. The lowest BCUT2D eigenvalue weighted by molar-refractivity contribution is -0.0113. The zero-order valence-electron chi connectivity index (χ0n) is 11.7. The van der Waals surface area contributed by atoms with Crippen molar-refractivity contribution < 1.29 is 5.11 Å². The van der Waals surface area contributed by atoms with Crippen LogP contribution in [0, 0.1) is 35.0 Å². The Morgan fingerprint density at radius 3 is 2.18 bits per heavy atom. The van der Waals surface area contributed by atoms with Crippen LogP contribution in [-0.4, -0.2) is 11.2 Å². The van der Waals surface area contributed by atoms with Crippen molar-refractivity contribution in [3.8, 4) is 0 Å². The van der Waals surface area contributed by atoms with Crippen molar-refractivity contribution in [3.05, 3.63) is 0 Å². The molecular formula is C16H28O. The summed E-state index contributed by atoms with van der Waals surface area (Å²) in [5, 5.41) is 10.3. The first-order chi connectivity index (χ1) is 8.01. The van der Waals surface area contributed by atoms with Crippen LogP contribution >= 0.6 is 0 Å². The van der Waals surface area contributed by atoms with Gasteiger partial charge in [0.25, 0.3) is 0 Å². The molecule has 1 heteroatoms. The van der Waals surface area contributed by atoms with Gasteiger partial charge < -0.3 is 5.11 Å². The molecular weight excluding hydrogens is 208 g/mol. The second-order valence-corrected chi connectivity index (χ2v) is 7.62. The van der Waals surface area contributed by atoms with Gasteiger partial charge in [-0.1, -0.05) is 33.6 Å². The maximum absolute atomic E-state index is 10.3. The van der Waals surface area contributed by atoms with E-state index in [-0.39, 0.29) is 6.10 Å². The Kier molecular flexibility index (Phi) is 2.81. The van der Waals surface area contributed by atoms with E-state index in [4.69, 9.17) is 0 Å². The highest BCUT2D eigenvalue weighted by atomic mass is 16.3. The van der Waals surface area contributed by atoms with Crippen molar-refractivity contribution in [2.45, 2.75) is 65.4 Å². The smallest absolute Gasteiger partial charge is 0.0571 e. The summed E-state index contributed by atoms with van der Waals surface area (Å²) < 4.78 is 0. The lowest BCUT2D eigenvalue weighted by Gasteiger charge is -2.44. The van der Waals surface area contributed by atoms with E-state index in [9.17, 15) is 5.11 Å². The highest BCUT2D eigenvalue weighted by Crippen LogP contribution is 2.63. The molecule has 3 aliphatic rings. The zero-order valence-corrected chi connectivity index (χ0v) is 11.7. The molecule has 98 valence electrons. The Balaban J connectivity index is 1.76. The monoisotopic (exact) mass is 236 g/mol. The topological polar surface area (TPSA) is 20.2 Å². The van der Waals surface area contributed by atoms with E-state index in [2.05, 4.69) is 20.8 Å². The van der Waals surface area contributed by atoms with Gasteiger partial charge in [-0.3, -0.25) is 0 Å². The van der Waals surface area contributed by atoms with Crippen LogP contribution in [0.25, 0.3) is 0 Å². The standard InChI is InChI=1S/C16H28O/c1-10-13-8-11(16(10,2)3)9-14(13)12-6-4-5-7-15(12)17/h10-15,17H,4-9H2,1-3H3/t10-,11+,12+,13+,14+,15-/m0/s1. The Morgan fingerprint density at radius 1 is 0.941 bits per heavy atom. The maximum atomic E-state index is 10.3. The molecule has 17 heavy (non-hydrogen) atoms. The van der Waals surface area contributed by atoms with Gasteiger partial charge in [0.05, 0.1) is 6.10 Å². The van der Waals surface area contributed by atoms with Crippen LogP contribution in [0.1, 0.15) is 59.3 Å². The Hall–Kier alpha value is -0.0400. The van der Waals surface area contributed by atoms with Crippen molar-refractivity contribution in [1.29, 1.82) is 0 Å². The normalized spacial score (nSPS) is 52.9. The summed E-state index contributed by atoms with van der Waals surface area (Å²) >= 11 is 0. The third-order valence-electron chi connectivity index (χ3n) is 6.86. The molecule has 3 aliphatic carbocycles. The van der Waals surface area contributed by atoms with Crippen LogP contribution in [0.15, 0.2) is 0 Å². The molecule has 0 radical (unpaired) electrons. The molecule has 3 rings (SSSR count). The third kappa shape index (κ3) is 1.69. The molecule has 0 aromatic rings. The third-order valence-corrected chi connectivity index (χ3v) is 6.86. The van der Waals surface area contributed by atoms with Crippen LogP contribution in [0.4, 0.5) is 0 Å². The number of aliphatic hydroxyl groups excluding tert-OH is 1. The van der Waals surface area contributed by atoms with Crippen molar-refractivity contribution in [2.24, 2.45) is 35.0 Å². The highest BCUT2D eigenvalue weighted by Gasteiger charge is 2.56. The molecule has 0 aliphatic heterocycles. The van der Waals surface area contributed by atoms with Gasteiger partial charge in [-0.2, -0.15) is 0 Å². The van der Waals surface area contributed by atoms with Crippen LogP contribution in [0.5, 0.6) is 0 Å². The van der Waals surface area contributed by atoms with E-state index < -0.39 is 0 Å². The van der Waals surface area contributed by atoms with E-state index >= 15 is 0 Å². The van der Waals surface area contributed by atoms with Gasteiger partial charge in [-0.15, -0.1) is 0 Å². The average molecular weight is 236 g/mol. The van der Waals surface area contributed by atoms with Crippen molar-refractivity contribution >= 4 is 0 Å². The number of aliphatic hydroxyl groups is 1. The summed E-state index contributed by atoms with van der Waals surface area (Å²) in [4.78, 5) is 0. The molecule has 0 unspecified atom stereocenters. The fourth-order valence-corrected chi connectivity index (χ4v) is 5.34. The van der Waals surface area contributed by atoms with Gasteiger partial charge >= 0.3 is 0 Å². The van der Waals surface area contributed by atoms with E-state index in [1.165, 1.54) is 32.1 Å². The minimum atomic E-state index is 0.0170. The highest BCUT2D eigenvalue weighted by molar-refractivity contribution is 5.05. The predicted octanol–water partition coefficient (Wildman–Crippen LogP) is 3.86. The van der Waals surface area contributed by atoms with Crippen LogP contribution < -0.4 is 0 Å². The molecule has 3 saturated carbocycles. The number of rotatable bonds is 1. The molecule has 0 spiro atoms. The molecule has 0 aromatic carbocycles. The van der Waals surface area contributed by atoms with Gasteiger partial charge in [-0.05, 0) is 60.7 Å². The van der Waals surface area contributed by atoms with E-state index in [0.29, 0.717) is 11.3 Å². The van der Waals surface area contributed by atoms with Crippen molar-refractivity contribution in [2.75, 3.05) is 0 Å². The first kappa shape index (κ1) is 12.0. The average Bonchev–Trinajstić information content (AvgIpc) is 2.80. The summed E-state index contributed by atoms with van der Waals surface area (Å²) in [7, 11) is 0. The predicted molar refractivity (Wildman–Crippen MR) is 70.6 cm³/mol. The second kappa shape index (κ2) is 3.98. The lowest BCUT2D eigenvalue weighted by Crippen LogP contribution is -2.40. The van der Waals surface area contributed by atoms with Crippen molar-refractivity contribution in [3.63, 3.8) is 0 Å². The van der Waals surface area contributed by atoms with Crippen LogP contribution in [0.3, 0.4) is 0 Å². The maximum Gasteiger partial charge on any atom is 0.0571 e. The Morgan fingerprint density at radius 2 is 1.59 bits per heavy atom. The summed E-state index contributed by atoms with van der Waals surface area (Å²) in [5.41, 5.74) is 0.556. The van der Waals surface area contributed by atoms with Gasteiger partial charge in [0.15, 0.2) is 0 Å². The molecule has 2 bridgehead atoms. The summed E-state index contributed by atoms with van der Waals surface area (Å²) in [6.45, 7) is 7.40. The second-order valence-electron chi connectivity index (χ2n) is 7.62. The quantitative estimate of drug-likeness (QED) is 0.733. The van der Waals surface area contributed by atoms with Gasteiger partial charge in [0.1, 0.15) is 0 Å². The number of hydrogen-bond donors (Lipinski definition) is 1. The molecule has 3 fully saturated rings. The largest absolute Gasteiger partial charge is 0.393 e. The van der Waals surface area contributed by atoms with E-state index in [0.717, 1.165) is 30.1 Å². The van der Waals surface area contributed by atoms with Crippen molar-refractivity contribution in [1.82, 2.24) is 0 Å². The molecule has 6 atom stereocenters. The first-order valence-corrected chi connectivity index (χ1v) is 7.70. The summed E-state index contributed by atoms with van der Waals surface area (Å²) in [6.07, 6.45) is 7.83. The zero-order chi connectivity index (χ0) is 12.2. The molecule has 0 amide bonds. The van der Waals surface area contributed by atoms with Gasteiger partial charge in [0, 0.05) is 0 Å². The Labute approximate surface area is 106 Å². The SMILES string of the molecule is C[C@H]1[C@H]2C[C@H](C[C@@H]2[C@H]2CCCC[C@@H]2O)C1(C)C. The van der Waals surface area contributed by atoms with Crippen LogP contribution in [-0.2, 0) is 0 Å². The molecule has 1 nitrogen and oxygen atoms in total. The Bertz CT molecular complexity index is 292. The van der Waals surface area contributed by atoms with Crippen LogP contribution in [0.2, 0.25) is 0 Å². The molecule has 1 N–H and O–H groups in total. The lowest BCUT2D eigenvalue weighted by atomic mass is 9.61. The van der Waals surface area contributed by atoms with Gasteiger partial charge in [-0.25, -0.2) is 0 Å². The minimum Gasteiger partial charge on any atom is -0.393 e. The number of fused-ring (bicyclic) bond motifs is 2. The molecule has 0 heterocycles. The minimum absolute atomic E-state index is 0.0170. The molecule has 0 saturated heterocycles. The van der Waals surface area contributed by atoms with E-state index in [1.54, 1.807) is 0 Å².